The van der Waals surface area contributed by atoms with Crippen LogP contribution in [-0.4, -0.2) is 19.2 Å². The molecule has 0 atom stereocenters. The maximum atomic E-state index is 13.9. The molecule has 5 aromatic rings. The SMILES string of the molecule is CCCCCCCCn1c(O)c2cc([N+](=O)[O-])c3c4ccc5c6c4c(c(=N)cc-6c(=O)n(CCCCCCCC)c5=O)c4ccc(c1=O)c2c43. The van der Waals surface area contributed by atoms with Crippen LogP contribution >= 0.6 is 0 Å². The summed E-state index contributed by atoms with van der Waals surface area (Å²) in [6.45, 7) is 4.87. The number of unbranched alkanes of at least 4 members (excludes halogenated alkanes) is 10. The molecule has 1 aliphatic carbocycles. The molecular formula is C40H42N4O6. The molecule has 0 spiro atoms. The van der Waals surface area contributed by atoms with Gasteiger partial charge in [0.05, 0.1) is 26.6 Å². The maximum absolute atomic E-state index is 13.9. The van der Waals surface area contributed by atoms with Gasteiger partial charge in [-0.15, -0.1) is 0 Å². The molecule has 10 nitrogen and oxygen atoms in total. The number of rotatable bonds is 15. The molecule has 2 heterocycles. The van der Waals surface area contributed by atoms with Gasteiger partial charge in [-0.2, -0.15) is 0 Å². The smallest absolute Gasteiger partial charge is 0.278 e. The Morgan fingerprint density at radius 2 is 1.16 bits per heavy atom. The summed E-state index contributed by atoms with van der Waals surface area (Å²) in [6, 6.07) is 9.50. The summed E-state index contributed by atoms with van der Waals surface area (Å²) in [5.74, 6) is -0.313. The molecule has 0 amide bonds. The van der Waals surface area contributed by atoms with Crippen LogP contribution in [-0.2, 0) is 13.1 Å². The van der Waals surface area contributed by atoms with Crippen LogP contribution < -0.4 is 22.0 Å². The van der Waals surface area contributed by atoms with Crippen molar-refractivity contribution in [2.75, 3.05) is 0 Å². The number of pyridine rings is 2. The molecule has 7 rings (SSSR count). The minimum absolute atomic E-state index is 0.0437. The number of benzene rings is 5. The summed E-state index contributed by atoms with van der Waals surface area (Å²) in [5.41, 5.74) is -0.881. The average molecular weight is 675 g/mol. The van der Waals surface area contributed by atoms with Crippen molar-refractivity contribution in [3.63, 3.8) is 0 Å². The van der Waals surface area contributed by atoms with Crippen LogP contribution in [0.2, 0.25) is 0 Å². The number of nitro groups is 1. The third-order valence-corrected chi connectivity index (χ3v) is 10.7. The molecule has 0 bridgehead atoms. The minimum Gasteiger partial charge on any atom is -0.494 e. The van der Waals surface area contributed by atoms with E-state index in [4.69, 9.17) is 0 Å². The first-order chi connectivity index (χ1) is 24.2. The molecule has 1 aliphatic heterocycles. The highest BCUT2D eigenvalue weighted by Gasteiger charge is 2.30. The number of hydrogen-bond donors (Lipinski definition) is 2. The largest absolute Gasteiger partial charge is 0.494 e. The zero-order valence-corrected chi connectivity index (χ0v) is 28.7. The van der Waals surface area contributed by atoms with E-state index >= 15 is 0 Å². The molecule has 258 valence electrons. The summed E-state index contributed by atoms with van der Waals surface area (Å²) < 4.78 is 2.58. The third kappa shape index (κ3) is 5.15. The van der Waals surface area contributed by atoms with Crippen LogP contribution in [0.1, 0.15) is 90.9 Å². The van der Waals surface area contributed by atoms with E-state index in [0.717, 1.165) is 64.2 Å². The Kier molecular flexibility index (Phi) is 8.88. The molecule has 0 radical (unpaired) electrons. The van der Waals surface area contributed by atoms with E-state index in [1.807, 2.05) is 0 Å². The van der Waals surface area contributed by atoms with Crippen LogP contribution in [0.15, 0.2) is 50.8 Å². The number of aromatic hydroxyl groups is 1. The monoisotopic (exact) mass is 674 g/mol. The second-order valence-corrected chi connectivity index (χ2v) is 13.8. The van der Waals surface area contributed by atoms with Gasteiger partial charge in [-0.25, -0.2) is 0 Å². The Morgan fingerprint density at radius 1 is 0.620 bits per heavy atom. The number of aromatic nitrogens is 2. The maximum Gasteiger partial charge on any atom is 0.278 e. The van der Waals surface area contributed by atoms with Crippen molar-refractivity contribution in [3.05, 3.63) is 82.9 Å². The van der Waals surface area contributed by atoms with E-state index in [1.54, 1.807) is 24.3 Å². The first-order valence-electron chi connectivity index (χ1n) is 18.1. The van der Waals surface area contributed by atoms with Crippen molar-refractivity contribution in [1.29, 1.82) is 5.41 Å². The van der Waals surface area contributed by atoms with Gasteiger partial charge < -0.3 is 10.5 Å². The van der Waals surface area contributed by atoms with Gasteiger partial charge in [-0.1, -0.05) is 90.2 Å². The second-order valence-electron chi connectivity index (χ2n) is 13.8. The molecule has 1 aromatic heterocycles. The van der Waals surface area contributed by atoms with Gasteiger partial charge in [0, 0.05) is 57.0 Å². The summed E-state index contributed by atoms with van der Waals surface area (Å²) >= 11 is 0. The predicted molar refractivity (Wildman–Crippen MR) is 200 cm³/mol. The van der Waals surface area contributed by atoms with Crippen molar-refractivity contribution < 1.29 is 10.0 Å². The summed E-state index contributed by atoms with van der Waals surface area (Å²) in [5, 5.41) is 37.3. The Labute approximate surface area is 287 Å². The summed E-state index contributed by atoms with van der Waals surface area (Å²) in [4.78, 5) is 54.0. The normalized spacial score (nSPS) is 12.3. The van der Waals surface area contributed by atoms with E-state index in [0.29, 0.717) is 61.5 Å². The van der Waals surface area contributed by atoms with Gasteiger partial charge in [0.15, 0.2) is 0 Å². The van der Waals surface area contributed by atoms with Crippen molar-refractivity contribution in [1.82, 2.24) is 9.13 Å². The number of nitrogens with one attached hydrogen (secondary N) is 1. The fourth-order valence-corrected chi connectivity index (χ4v) is 8.21. The first kappa shape index (κ1) is 33.4. The van der Waals surface area contributed by atoms with Crippen molar-refractivity contribution in [3.8, 4) is 17.0 Å². The Hall–Kier alpha value is -5.12. The van der Waals surface area contributed by atoms with Crippen molar-refractivity contribution >= 4 is 59.5 Å². The molecule has 2 N–H and O–H groups in total. The van der Waals surface area contributed by atoms with Crippen LogP contribution in [0.3, 0.4) is 0 Å². The molecular weight excluding hydrogens is 632 g/mol. The molecule has 0 saturated carbocycles. The van der Waals surface area contributed by atoms with Crippen LogP contribution in [0, 0.1) is 15.5 Å². The van der Waals surface area contributed by atoms with Gasteiger partial charge in [0.2, 0.25) is 5.88 Å². The number of nitrogens with zero attached hydrogens (tertiary/aromatic N) is 3. The molecule has 50 heavy (non-hydrogen) atoms. The Balaban J connectivity index is 1.48. The highest BCUT2D eigenvalue weighted by atomic mass is 16.6. The highest BCUT2D eigenvalue weighted by Crippen LogP contribution is 2.48. The predicted octanol–water partition coefficient (Wildman–Crippen LogP) is 8.37. The topological polar surface area (TPSA) is 148 Å². The number of hydrogen-bond acceptors (Lipinski definition) is 7. The molecule has 10 heteroatoms. The molecule has 0 unspecified atom stereocenters. The minimum atomic E-state index is -0.496. The highest BCUT2D eigenvalue weighted by molar-refractivity contribution is 6.39. The van der Waals surface area contributed by atoms with E-state index in [-0.39, 0.29) is 51.9 Å². The number of fused-ring (bicyclic) bond motifs is 2. The average Bonchev–Trinajstić information content (AvgIpc) is 3.10. The lowest BCUT2D eigenvalue weighted by Gasteiger charge is -2.21. The first-order valence-corrected chi connectivity index (χ1v) is 18.1. The Morgan fingerprint density at radius 3 is 1.80 bits per heavy atom. The molecule has 4 aromatic carbocycles. The van der Waals surface area contributed by atoms with Crippen molar-refractivity contribution in [2.45, 2.75) is 104 Å². The van der Waals surface area contributed by atoms with Gasteiger partial charge >= 0.3 is 0 Å². The molecule has 0 fully saturated rings. The zero-order valence-electron chi connectivity index (χ0n) is 28.7. The van der Waals surface area contributed by atoms with E-state index in [9.17, 15) is 35.0 Å². The van der Waals surface area contributed by atoms with E-state index in [2.05, 4.69) is 13.8 Å². The molecule has 2 aliphatic rings. The van der Waals surface area contributed by atoms with Gasteiger partial charge in [0.25, 0.3) is 22.4 Å². The van der Waals surface area contributed by atoms with Gasteiger partial charge in [-0.05, 0) is 41.8 Å². The quantitative estimate of drug-likeness (QED) is 0.0367. The second kappa shape index (κ2) is 13.3. The molecule has 0 saturated heterocycles. The number of nitro benzene ring substituents is 1. The van der Waals surface area contributed by atoms with Crippen molar-refractivity contribution in [2.24, 2.45) is 0 Å². The third-order valence-electron chi connectivity index (χ3n) is 10.7. The summed E-state index contributed by atoms with van der Waals surface area (Å²) in [6.07, 6.45) is 12.0. The van der Waals surface area contributed by atoms with Crippen LogP contribution in [0.4, 0.5) is 5.69 Å². The van der Waals surface area contributed by atoms with E-state index < -0.39 is 16.0 Å². The summed E-state index contributed by atoms with van der Waals surface area (Å²) in [7, 11) is 0. The van der Waals surface area contributed by atoms with Crippen LogP contribution in [0.5, 0.6) is 5.88 Å². The van der Waals surface area contributed by atoms with Gasteiger partial charge in [0.1, 0.15) is 0 Å². The van der Waals surface area contributed by atoms with Crippen LogP contribution in [0.25, 0.3) is 65.0 Å². The fourth-order valence-electron chi connectivity index (χ4n) is 8.21. The lowest BCUT2D eigenvalue weighted by Crippen LogP contribution is -2.35. The standard InChI is InChI=1S/C40H42N4O6/c1-3-5-7-9-11-13-19-42-37(45)25-18-16-24-34-30(44(49)50)22-28-32-26(38(46)43(40(28)48)20-14-12-10-8-6-4-2)17-15-23(36(32)34)33-29(41)21-27(39(42)47)31(25)35(24)33/h15-18,21-22,41,48H,3-14,19-20H2,1-2H3. The van der Waals surface area contributed by atoms with E-state index in [1.165, 1.54) is 21.3 Å². The van der Waals surface area contributed by atoms with Gasteiger partial charge in [-0.3, -0.25) is 33.6 Å². The fraction of sp³-hybridized carbons (Fsp3) is 0.400. The number of non-ortho nitro benzene ring substituents is 1. The Bertz CT molecular complexity index is 2610. The zero-order chi connectivity index (χ0) is 35.3. The lowest BCUT2D eigenvalue weighted by atomic mass is 9.83. The lowest BCUT2D eigenvalue weighted by molar-refractivity contribution is -0.382.